The molecule has 0 radical (unpaired) electrons. The summed E-state index contributed by atoms with van der Waals surface area (Å²) in [7, 11) is 0. The standard InChI is InChI=1S/C13H15F4NO/c14-10-5-4-8(6-9(10)13(15,16)17)11(18)12(19)7-2-1-3-7/h4-7,11-12,19H,1-3,18H2/t11-,12+/m1/s1. The van der Waals surface area contributed by atoms with E-state index in [2.05, 4.69) is 0 Å². The third-order valence-electron chi connectivity index (χ3n) is 3.68. The number of hydrogen-bond donors (Lipinski definition) is 2. The van der Waals surface area contributed by atoms with Crippen LogP contribution in [0.2, 0.25) is 0 Å². The van der Waals surface area contributed by atoms with Crippen LogP contribution in [0.1, 0.15) is 36.4 Å². The van der Waals surface area contributed by atoms with E-state index >= 15 is 0 Å². The predicted molar refractivity (Wildman–Crippen MR) is 61.7 cm³/mol. The summed E-state index contributed by atoms with van der Waals surface area (Å²) in [5, 5.41) is 9.95. The molecule has 1 aromatic rings. The largest absolute Gasteiger partial charge is 0.419 e. The predicted octanol–water partition coefficient (Wildman–Crippen LogP) is 3.01. The van der Waals surface area contributed by atoms with Crippen molar-refractivity contribution >= 4 is 0 Å². The number of benzene rings is 1. The van der Waals surface area contributed by atoms with Gasteiger partial charge in [-0.2, -0.15) is 13.2 Å². The van der Waals surface area contributed by atoms with E-state index in [4.69, 9.17) is 5.73 Å². The van der Waals surface area contributed by atoms with Gasteiger partial charge in [0, 0.05) is 0 Å². The molecule has 0 unspecified atom stereocenters. The van der Waals surface area contributed by atoms with Crippen LogP contribution in [0, 0.1) is 11.7 Å². The first kappa shape index (κ1) is 14.3. The third-order valence-corrected chi connectivity index (χ3v) is 3.68. The second-order valence-corrected chi connectivity index (χ2v) is 4.94. The van der Waals surface area contributed by atoms with E-state index < -0.39 is 29.7 Å². The summed E-state index contributed by atoms with van der Waals surface area (Å²) < 4.78 is 50.9. The molecule has 1 saturated carbocycles. The minimum atomic E-state index is -4.76. The highest BCUT2D eigenvalue weighted by atomic mass is 19.4. The SMILES string of the molecule is N[C@H](c1ccc(F)c(C(F)(F)F)c1)[C@@H](O)C1CCC1. The van der Waals surface area contributed by atoms with E-state index in [1.165, 1.54) is 6.07 Å². The minimum absolute atomic E-state index is 0.0226. The van der Waals surface area contributed by atoms with Gasteiger partial charge in [0.1, 0.15) is 5.82 Å². The van der Waals surface area contributed by atoms with Crippen molar-refractivity contribution < 1.29 is 22.7 Å². The van der Waals surface area contributed by atoms with E-state index in [1.54, 1.807) is 0 Å². The summed E-state index contributed by atoms with van der Waals surface area (Å²) in [5.74, 6) is -1.31. The molecule has 0 bridgehead atoms. The highest BCUT2D eigenvalue weighted by Crippen LogP contribution is 2.36. The number of nitrogens with two attached hydrogens (primary N) is 1. The first-order valence-electron chi connectivity index (χ1n) is 6.11. The second-order valence-electron chi connectivity index (χ2n) is 4.94. The molecule has 1 fully saturated rings. The molecule has 0 spiro atoms. The molecule has 0 aromatic heterocycles. The Labute approximate surface area is 108 Å². The Bertz CT molecular complexity index is 456. The average molecular weight is 277 g/mol. The smallest absolute Gasteiger partial charge is 0.391 e. The Morgan fingerprint density at radius 2 is 1.89 bits per heavy atom. The van der Waals surface area contributed by atoms with Crippen molar-refractivity contribution in [3.05, 3.63) is 35.1 Å². The minimum Gasteiger partial charge on any atom is -0.391 e. The molecular formula is C13H15F4NO. The number of halogens is 4. The molecule has 0 saturated heterocycles. The Hall–Kier alpha value is -1.14. The quantitative estimate of drug-likeness (QED) is 0.834. The lowest BCUT2D eigenvalue weighted by molar-refractivity contribution is -0.140. The van der Waals surface area contributed by atoms with E-state index in [0.29, 0.717) is 6.07 Å². The van der Waals surface area contributed by atoms with Gasteiger partial charge in [-0.1, -0.05) is 12.5 Å². The van der Waals surface area contributed by atoms with Crippen LogP contribution in [0.3, 0.4) is 0 Å². The highest BCUT2D eigenvalue weighted by Gasteiger charge is 2.36. The van der Waals surface area contributed by atoms with E-state index in [0.717, 1.165) is 25.3 Å². The molecule has 1 aliphatic rings. The number of aliphatic hydroxyl groups is 1. The van der Waals surface area contributed by atoms with Crippen LogP contribution in [0.15, 0.2) is 18.2 Å². The molecule has 0 heterocycles. The van der Waals surface area contributed by atoms with Crippen LogP contribution in [-0.4, -0.2) is 11.2 Å². The Balaban J connectivity index is 2.24. The van der Waals surface area contributed by atoms with Gasteiger partial charge < -0.3 is 10.8 Å². The molecular weight excluding hydrogens is 262 g/mol. The Kier molecular flexibility index (Phi) is 3.82. The Morgan fingerprint density at radius 1 is 1.26 bits per heavy atom. The number of alkyl halides is 3. The lowest BCUT2D eigenvalue weighted by Crippen LogP contribution is -2.36. The van der Waals surface area contributed by atoms with Gasteiger partial charge in [-0.15, -0.1) is 0 Å². The second kappa shape index (κ2) is 5.09. The number of rotatable bonds is 3. The summed E-state index contributed by atoms with van der Waals surface area (Å²) in [6.45, 7) is 0. The van der Waals surface area contributed by atoms with Crippen LogP contribution in [0.25, 0.3) is 0 Å². The van der Waals surface area contributed by atoms with Crippen molar-refractivity contribution in [2.75, 3.05) is 0 Å². The van der Waals surface area contributed by atoms with E-state index in [9.17, 15) is 22.7 Å². The topological polar surface area (TPSA) is 46.2 Å². The highest BCUT2D eigenvalue weighted by molar-refractivity contribution is 5.30. The zero-order valence-electron chi connectivity index (χ0n) is 10.1. The lowest BCUT2D eigenvalue weighted by atomic mass is 9.77. The molecule has 106 valence electrons. The summed E-state index contributed by atoms with van der Waals surface area (Å²) in [6.07, 6.45) is -3.02. The fraction of sp³-hybridized carbons (Fsp3) is 0.538. The molecule has 6 heteroatoms. The van der Waals surface area contributed by atoms with Crippen molar-refractivity contribution in [1.29, 1.82) is 0 Å². The monoisotopic (exact) mass is 277 g/mol. The molecule has 3 N–H and O–H groups in total. The maximum atomic E-state index is 13.1. The van der Waals surface area contributed by atoms with Crippen LogP contribution in [0.4, 0.5) is 17.6 Å². The molecule has 1 aliphatic carbocycles. The van der Waals surface area contributed by atoms with Crippen molar-refractivity contribution in [2.24, 2.45) is 11.7 Å². The van der Waals surface area contributed by atoms with Gasteiger partial charge >= 0.3 is 6.18 Å². The molecule has 2 nitrogen and oxygen atoms in total. The fourth-order valence-electron chi connectivity index (χ4n) is 2.24. The summed E-state index contributed by atoms with van der Waals surface area (Å²) in [4.78, 5) is 0. The van der Waals surface area contributed by atoms with Gasteiger partial charge in [-0.25, -0.2) is 4.39 Å². The third kappa shape index (κ3) is 2.90. The molecule has 2 rings (SSSR count). The molecule has 1 aromatic carbocycles. The summed E-state index contributed by atoms with van der Waals surface area (Å²) in [5.41, 5.74) is 4.53. The lowest BCUT2D eigenvalue weighted by Gasteiger charge is -2.34. The summed E-state index contributed by atoms with van der Waals surface area (Å²) >= 11 is 0. The normalized spacial score (nSPS) is 19.9. The Morgan fingerprint density at radius 3 is 2.37 bits per heavy atom. The van der Waals surface area contributed by atoms with Crippen LogP contribution >= 0.6 is 0 Å². The molecule has 2 atom stereocenters. The summed E-state index contributed by atoms with van der Waals surface area (Å²) in [6, 6.07) is 1.69. The van der Waals surface area contributed by atoms with Gasteiger partial charge in [-0.05, 0) is 36.5 Å². The first-order chi connectivity index (χ1) is 8.80. The number of hydrogen-bond acceptors (Lipinski definition) is 2. The average Bonchev–Trinajstić information content (AvgIpc) is 2.24. The van der Waals surface area contributed by atoms with E-state index in [-0.39, 0.29) is 11.5 Å². The molecule has 0 aliphatic heterocycles. The van der Waals surface area contributed by atoms with E-state index in [1.807, 2.05) is 0 Å². The van der Waals surface area contributed by atoms with Crippen molar-refractivity contribution in [3.63, 3.8) is 0 Å². The van der Waals surface area contributed by atoms with Crippen LogP contribution in [0.5, 0.6) is 0 Å². The first-order valence-corrected chi connectivity index (χ1v) is 6.11. The maximum Gasteiger partial charge on any atom is 0.419 e. The van der Waals surface area contributed by atoms with Gasteiger partial charge in [0.2, 0.25) is 0 Å². The maximum absolute atomic E-state index is 13.1. The molecule has 19 heavy (non-hydrogen) atoms. The zero-order chi connectivity index (χ0) is 14.2. The van der Waals surface area contributed by atoms with Crippen LogP contribution in [-0.2, 0) is 6.18 Å². The molecule has 0 amide bonds. The van der Waals surface area contributed by atoms with Gasteiger partial charge in [0.15, 0.2) is 0 Å². The van der Waals surface area contributed by atoms with Crippen LogP contribution < -0.4 is 5.73 Å². The van der Waals surface area contributed by atoms with Crippen molar-refractivity contribution in [3.8, 4) is 0 Å². The van der Waals surface area contributed by atoms with Crippen molar-refractivity contribution in [1.82, 2.24) is 0 Å². The van der Waals surface area contributed by atoms with Gasteiger partial charge in [0.05, 0.1) is 17.7 Å². The number of aliphatic hydroxyl groups excluding tert-OH is 1. The zero-order valence-corrected chi connectivity index (χ0v) is 10.1. The van der Waals surface area contributed by atoms with Gasteiger partial charge in [0.25, 0.3) is 0 Å². The fourth-order valence-corrected chi connectivity index (χ4v) is 2.24. The van der Waals surface area contributed by atoms with Gasteiger partial charge in [-0.3, -0.25) is 0 Å². The van der Waals surface area contributed by atoms with Crippen molar-refractivity contribution in [2.45, 2.75) is 37.6 Å².